The van der Waals surface area contributed by atoms with Crippen molar-refractivity contribution in [3.8, 4) is 11.5 Å². The number of aliphatic hydroxyl groups is 1. The van der Waals surface area contributed by atoms with Gasteiger partial charge in [-0.2, -0.15) is 0 Å². The van der Waals surface area contributed by atoms with Crippen molar-refractivity contribution in [2.75, 3.05) is 13.1 Å². The first-order valence-corrected chi connectivity index (χ1v) is 10.1. The highest BCUT2D eigenvalue weighted by Gasteiger charge is 2.78. The van der Waals surface area contributed by atoms with E-state index >= 15 is 0 Å². The second-order valence-electron chi connectivity index (χ2n) is 8.97. The highest BCUT2D eigenvalue weighted by Crippen LogP contribution is 2.67. The standard InChI is InChI=1S/C21H23N3O5/c1-2-8-24-9-7-19-14-11-3-4-12(25)15(14)29-16(19)20(17(26)22-18(27)23-20)5-6-21(19,28)13(24)10-11/h2-4,13,16,25,28H,1,5-10H2,(H2,22,23,26,27)/t13-,16+,19-,20?,21+/m0/s1. The molecule has 8 heteroatoms. The predicted octanol–water partition coefficient (Wildman–Crippen LogP) is 0.310. The van der Waals surface area contributed by atoms with Gasteiger partial charge in [-0.05, 0) is 43.9 Å². The third-order valence-corrected chi connectivity index (χ3v) is 8.00. The van der Waals surface area contributed by atoms with Crippen LogP contribution in [0.2, 0.25) is 0 Å². The van der Waals surface area contributed by atoms with E-state index < -0.39 is 34.6 Å². The average Bonchev–Trinajstić information content (AvgIpc) is 3.17. The number of imide groups is 1. The van der Waals surface area contributed by atoms with E-state index in [-0.39, 0.29) is 18.2 Å². The van der Waals surface area contributed by atoms with Gasteiger partial charge in [0.1, 0.15) is 6.10 Å². The average molecular weight is 397 g/mol. The fourth-order valence-electron chi connectivity index (χ4n) is 6.92. The smallest absolute Gasteiger partial charge is 0.322 e. The van der Waals surface area contributed by atoms with Gasteiger partial charge in [0.2, 0.25) is 0 Å². The van der Waals surface area contributed by atoms with Gasteiger partial charge < -0.3 is 20.3 Å². The zero-order valence-electron chi connectivity index (χ0n) is 15.9. The van der Waals surface area contributed by atoms with Crippen LogP contribution in [0.25, 0.3) is 0 Å². The molecule has 0 aromatic heterocycles. The second-order valence-corrected chi connectivity index (χ2v) is 8.97. The van der Waals surface area contributed by atoms with Crippen LogP contribution in [0.1, 0.15) is 30.4 Å². The Balaban J connectivity index is 1.62. The summed E-state index contributed by atoms with van der Waals surface area (Å²) in [6, 6.07) is 2.80. The molecule has 2 aliphatic carbocycles. The lowest BCUT2D eigenvalue weighted by atomic mass is 9.46. The number of phenolic OH excluding ortho intramolecular Hbond substituents is 1. The maximum atomic E-state index is 12.9. The summed E-state index contributed by atoms with van der Waals surface area (Å²) in [6.45, 7) is 5.23. The molecule has 1 unspecified atom stereocenters. The monoisotopic (exact) mass is 397 g/mol. The van der Waals surface area contributed by atoms with Gasteiger partial charge in [0.05, 0.1) is 11.0 Å². The van der Waals surface area contributed by atoms with Gasteiger partial charge in [-0.25, -0.2) is 4.79 Å². The van der Waals surface area contributed by atoms with Crippen molar-refractivity contribution in [2.24, 2.45) is 0 Å². The Bertz CT molecular complexity index is 995. The summed E-state index contributed by atoms with van der Waals surface area (Å²) in [5, 5.41) is 27.9. The van der Waals surface area contributed by atoms with Crippen LogP contribution in [0, 0.1) is 0 Å². The van der Waals surface area contributed by atoms with Gasteiger partial charge in [-0.3, -0.25) is 15.0 Å². The molecule has 3 fully saturated rings. The molecule has 4 N–H and O–H groups in total. The Morgan fingerprint density at radius 2 is 2.14 bits per heavy atom. The van der Waals surface area contributed by atoms with Crippen LogP contribution in [-0.4, -0.2) is 63.4 Å². The molecule has 152 valence electrons. The zero-order valence-corrected chi connectivity index (χ0v) is 15.9. The maximum absolute atomic E-state index is 12.9. The minimum Gasteiger partial charge on any atom is -0.504 e. The molecule has 29 heavy (non-hydrogen) atoms. The van der Waals surface area contributed by atoms with Crippen molar-refractivity contribution in [3.63, 3.8) is 0 Å². The topological polar surface area (TPSA) is 111 Å². The number of rotatable bonds is 2. The van der Waals surface area contributed by atoms with Crippen LogP contribution in [0.4, 0.5) is 4.79 Å². The lowest BCUT2D eigenvalue weighted by Crippen LogP contribution is -2.81. The highest BCUT2D eigenvalue weighted by atomic mass is 16.5. The maximum Gasteiger partial charge on any atom is 0.322 e. The number of amides is 3. The molecular weight excluding hydrogens is 374 g/mol. The summed E-state index contributed by atoms with van der Waals surface area (Å²) in [7, 11) is 0. The summed E-state index contributed by atoms with van der Waals surface area (Å²) < 4.78 is 6.30. The van der Waals surface area contributed by atoms with E-state index in [1.165, 1.54) is 0 Å². The number of hydrogen-bond donors (Lipinski definition) is 4. The van der Waals surface area contributed by atoms with E-state index in [0.717, 1.165) is 11.1 Å². The van der Waals surface area contributed by atoms with Gasteiger partial charge >= 0.3 is 6.03 Å². The molecule has 1 aromatic carbocycles. The van der Waals surface area contributed by atoms with Gasteiger partial charge in [0, 0.05) is 18.2 Å². The molecule has 0 radical (unpaired) electrons. The number of nitrogens with zero attached hydrogens (tertiary/aromatic N) is 1. The summed E-state index contributed by atoms with van der Waals surface area (Å²) in [5.41, 5.74) is -1.43. The van der Waals surface area contributed by atoms with Gasteiger partial charge in [-0.1, -0.05) is 12.1 Å². The van der Waals surface area contributed by atoms with Crippen molar-refractivity contribution in [1.29, 1.82) is 0 Å². The number of aromatic hydroxyl groups is 1. The third-order valence-electron chi connectivity index (χ3n) is 8.00. The lowest BCUT2D eigenvalue weighted by Gasteiger charge is -2.65. The van der Waals surface area contributed by atoms with Crippen LogP contribution in [0.3, 0.4) is 0 Å². The molecule has 1 aromatic rings. The number of urea groups is 1. The van der Waals surface area contributed by atoms with Crippen LogP contribution >= 0.6 is 0 Å². The first kappa shape index (κ1) is 17.3. The number of piperidine rings is 1. The second kappa shape index (κ2) is 5.12. The lowest BCUT2D eigenvalue weighted by molar-refractivity contribution is -0.201. The Hall–Kier alpha value is -2.58. The number of likely N-dealkylation sites (tertiary alicyclic amines) is 1. The number of phenols is 1. The molecule has 2 saturated heterocycles. The third kappa shape index (κ3) is 1.71. The molecule has 2 bridgehead atoms. The molecule has 3 aliphatic heterocycles. The molecular formula is C21H23N3O5. The fraction of sp³-hybridized carbons (Fsp3) is 0.524. The van der Waals surface area contributed by atoms with Crippen LogP contribution in [-0.2, 0) is 16.6 Å². The van der Waals surface area contributed by atoms with E-state index in [1.54, 1.807) is 6.07 Å². The van der Waals surface area contributed by atoms with Crippen molar-refractivity contribution in [2.45, 2.75) is 54.4 Å². The Labute approximate surface area is 167 Å². The van der Waals surface area contributed by atoms with Crippen LogP contribution < -0.4 is 15.4 Å². The fourth-order valence-corrected chi connectivity index (χ4v) is 6.92. The van der Waals surface area contributed by atoms with Crippen LogP contribution in [0.15, 0.2) is 24.8 Å². The summed E-state index contributed by atoms with van der Waals surface area (Å²) in [4.78, 5) is 27.3. The van der Waals surface area contributed by atoms with E-state index in [4.69, 9.17) is 4.74 Å². The number of fused-ring (bicyclic) bond motifs is 1. The number of hydrogen-bond acceptors (Lipinski definition) is 6. The van der Waals surface area contributed by atoms with E-state index in [2.05, 4.69) is 22.1 Å². The van der Waals surface area contributed by atoms with Gasteiger partial charge in [0.25, 0.3) is 5.91 Å². The molecule has 8 nitrogen and oxygen atoms in total. The number of ether oxygens (including phenoxy) is 1. The summed E-state index contributed by atoms with van der Waals surface area (Å²) in [6.07, 6.45) is 2.89. The van der Waals surface area contributed by atoms with Gasteiger partial charge in [-0.15, -0.1) is 6.58 Å². The van der Waals surface area contributed by atoms with E-state index in [1.807, 2.05) is 12.1 Å². The number of carbonyl (C=O) groups excluding carboxylic acids is 2. The minimum atomic E-state index is -1.26. The summed E-state index contributed by atoms with van der Waals surface area (Å²) in [5.74, 6) is -0.0769. The quantitative estimate of drug-likeness (QED) is 0.422. The first-order chi connectivity index (χ1) is 13.9. The van der Waals surface area contributed by atoms with Crippen molar-refractivity contribution < 1.29 is 24.5 Å². The van der Waals surface area contributed by atoms with Crippen LogP contribution in [0.5, 0.6) is 11.5 Å². The number of benzene rings is 1. The summed E-state index contributed by atoms with van der Waals surface area (Å²) >= 11 is 0. The first-order valence-electron chi connectivity index (χ1n) is 10.1. The molecule has 1 saturated carbocycles. The normalized spacial score (nSPS) is 41.6. The molecule has 6 rings (SSSR count). The Morgan fingerprint density at radius 3 is 2.86 bits per heavy atom. The molecule has 3 heterocycles. The largest absolute Gasteiger partial charge is 0.504 e. The van der Waals surface area contributed by atoms with Crippen molar-refractivity contribution in [3.05, 3.63) is 35.9 Å². The predicted molar refractivity (Wildman–Crippen MR) is 102 cm³/mol. The molecule has 3 amide bonds. The van der Waals surface area contributed by atoms with Crippen molar-refractivity contribution in [1.82, 2.24) is 15.5 Å². The zero-order chi connectivity index (χ0) is 20.2. The SMILES string of the molecule is C=CCN1CC[C@]23c4c5ccc(O)c4O[C@H]2C2(CC[C@@]3(O)[C@@H]1C5)NC(=O)NC2=O. The van der Waals surface area contributed by atoms with E-state index in [9.17, 15) is 19.8 Å². The number of nitrogens with one attached hydrogen (secondary N) is 2. The number of carbonyl (C=O) groups is 2. The van der Waals surface area contributed by atoms with Crippen molar-refractivity contribution >= 4 is 11.9 Å². The van der Waals surface area contributed by atoms with Gasteiger partial charge in [0.15, 0.2) is 17.0 Å². The highest BCUT2D eigenvalue weighted by molar-refractivity contribution is 6.08. The minimum absolute atomic E-state index is 0.00160. The molecule has 5 atom stereocenters. The Morgan fingerprint density at radius 1 is 1.31 bits per heavy atom. The van der Waals surface area contributed by atoms with E-state index in [0.29, 0.717) is 38.1 Å². The molecule has 2 spiro atoms. The Kier molecular flexibility index (Phi) is 3.05. The molecule has 5 aliphatic rings.